The number of anilines is 1. The van der Waals surface area contributed by atoms with Crippen LogP contribution in [0.25, 0.3) is 6.08 Å². The molecule has 0 saturated carbocycles. The number of sulfonamides is 1. The largest absolute Gasteiger partial charge is 0.435 e. The fourth-order valence-electron chi connectivity index (χ4n) is 4.13. The molecule has 2 aliphatic rings. The van der Waals surface area contributed by atoms with Crippen molar-refractivity contribution in [3.8, 4) is 11.8 Å². The van der Waals surface area contributed by atoms with Crippen LogP contribution in [-0.4, -0.2) is 45.5 Å². The van der Waals surface area contributed by atoms with Crippen LogP contribution in [0, 0.1) is 11.3 Å². The van der Waals surface area contributed by atoms with Crippen LogP contribution >= 0.6 is 0 Å². The third-order valence-corrected chi connectivity index (χ3v) is 7.81. The third-order valence-electron chi connectivity index (χ3n) is 5.78. The molecule has 1 aliphatic carbocycles. The number of alkyl halides is 2. The van der Waals surface area contributed by atoms with Crippen molar-refractivity contribution in [3.63, 3.8) is 0 Å². The molecule has 168 valence electrons. The van der Waals surface area contributed by atoms with Gasteiger partial charge in [-0.3, -0.25) is 0 Å². The average Bonchev–Trinajstić information content (AvgIpc) is 3.05. The predicted octanol–water partition coefficient (Wildman–Crippen LogP) is 3.99. The summed E-state index contributed by atoms with van der Waals surface area (Å²) < 4.78 is 57.5. The second kappa shape index (κ2) is 9.27. The van der Waals surface area contributed by atoms with E-state index in [0.717, 1.165) is 17.8 Å². The van der Waals surface area contributed by atoms with E-state index in [-0.39, 0.29) is 5.75 Å². The SMILES string of the molecule is N#Cc1ccc(N2CCCN(S(=O)(=O)C3=Cc4ccc(OC(F)F)cc4CC3)CC2)cc1. The molecule has 1 fully saturated rings. The monoisotopic (exact) mass is 459 g/mol. The molecule has 32 heavy (non-hydrogen) atoms. The van der Waals surface area contributed by atoms with Crippen LogP contribution in [0.1, 0.15) is 29.5 Å². The summed E-state index contributed by atoms with van der Waals surface area (Å²) in [6, 6.07) is 14.0. The van der Waals surface area contributed by atoms with Gasteiger partial charge in [-0.2, -0.15) is 18.3 Å². The summed E-state index contributed by atoms with van der Waals surface area (Å²) in [4.78, 5) is 2.48. The third kappa shape index (κ3) is 4.76. The molecule has 0 unspecified atom stereocenters. The van der Waals surface area contributed by atoms with Crippen molar-refractivity contribution in [2.75, 3.05) is 31.1 Å². The lowest BCUT2D eigenvalue weighted by atomic mass is 9.97. The minimum absolute atomic E-state index is 0.0777. The van der Waals surface area contributed by atoms with Gasteiger partial charge in [0.25, 0.3) is 0 Å². The number of benzene rings is 2. The molecule has 2 aromatic carbocycles. The number of ether oxygens (including phenoxy) is 1. The Morgan fingerprint density at radius 3 is 2.50 bits per heavy atom. The number of allylic oxidation sites excluding steroid dienone is 1. The van der Waals surface area contributed by atoms with Crippen LogP contribution in [0.15, 0.2) is 47.4 Å². The Morgan fingerprint density at radius 1 is 1.00 bits per heavy atom. The highest BCUT2D eigenvalue weighted by Crippen LogP contribution is 2.32. The first-order chi connectivity index (χ1) is 15.4. The molecule has 0 amide bonds. The van der Waals surface area contributed by atoms with Gasteiger partial charge in [0.1, 0.15) is 5.75 Å². The minimum Gasteiger partial charge on any atom is -0.435 e. The standard InChI is InChI=1S/C23H23F2N3O3S/c24-23(25)31-21-8-4-19-15-22(9-5-18(19)14-21)32(29,30)28-11-1-10-27(12-13-28)20-6-2-17(16-26)3-7-20/h2-4,6-8,14-15,23H,1,5,9-13H2. The Labute approximate surface area is 186 Å². The van der Waals surface area contributed by atoms with E-state index in [4.69, 9.17) is 5.26 Å². The maximum Gasteiger partial charge on any atom is 0.387 e. The fraction of sp³-hybridized carbons (Fsp3) is 0.348. The molecule has 0 N–H and O–H groups in total. The second-order valence-electron chi connectivity index (χ2n) is 7.75. The Hall–Kier alpha value is -2.96. The van der Waals surface area contributed by atoms with E-state index in [1.165, 1.54) is 10.4 Å². The first-order valence-electron chi connectivity index (χ1n) is 10.4. The molecule has 6 nitrogen and oxygen atoms in total. The van der Waals surface area contributed by atoms with E-state index in [9.17, 15) is 17.2 Å². The fourth-order valence-corrected chi connectivity index (χ4v) is 5.79. The molecule has 9 heteroatoms. The van der Waals surface area contributed by atoms with E-state index < -0.39 is 16.6 Å². The lowest BCUT2D eigenvalue weighted by molar-refractivity contribution is -0.0498. The number of nitrogens with zero attached hydrogens (tertiary/aromatic N) is 3. The van der Waals surface area contributed by atoms with Gasteiger partial charge < -0.3 is 9.64 Å². The van der Waals surface area contributed by atoms with Crippen molar-refractivity contribution in [1.82, 2.24) is 4.31 Å². The molecule has 0 spiro atoms. The zero-order chi connectivity index (χ0) is 22.7. The van der Waals surface area contributed by atoms with E-state index in [2.05, 4.69) is 15.7 Å². The summed E-state index contributed by atoms with van der Waals surface area (Å²) in [7, 11) is -3.62. The Balaban J connectivity index is 1.48. The van der Waals surface area contributed by atoms with E-state index >= 15 is 0 Å². The maximum absolute atomic E-state index is 13.3. The molecule has 1 heterocycles. The summed E-state index contributed by atoms with van der Waals surface area (Å²) in [5.74, 6) is 0.0777. The maximum atomic E-state index is 13.3. The lowest BCUT2D eigenvalue weighted by Gasteiger charge is -2.25. The molecular formula is C23H23F2N3O3S. The normalized spacial score (nSPS) is 17.3. The summed E-state index contributed by atoms with van der Waals surface area (Å²) in [5, 5.41) is 8.96. The molecular weight excluding hydrogens is 436 g/mol. The van der Waals surface area contributed by atoms with Gasteiger partial charge in [-0.25, -0.2) is 8.42 Å². The number of hydrogen-bond donors (Lipinski definition) is 0. The Kier molecular flexibility index (Phi) is 6.44. The zero-order valence-electron chi connectivity index (χ0n) is 17.4. The van der Waals surface area contributed by atoms with Crippen molar-refractivity contribution < 1.29 is 21.9 Å². The number of rotatable bonds is 5. The van der Waals surface area contributed by atoms with Crippen LogP contribution in [0.3, 0.4) is 0 Å². The van der Waals surface area contributed by atoms with Gasteiger partial charge in [-0.05, 0) is 72.9 Å². The molecule has 0 atom stereocenters. The number of fused-ring (bicyclic) bond motifs is 1. The Morgan fingerprint density at radius 2 is 1.78 bits per heavy atom. The van der Waals surface area contributed by atoms with Gasteiger partial charge in [-0.1, -0.05) is 6.07 Å². The summed E-state index contributed by atoms with van der Waals surface area (Å²) >= 11 is 0. The van der Waals surface area contributed by atoms with Gasteiger partial charge in [0.15, 0.2) is 0 Å². The second-order valence-corrected chi connectivity index (χ2v) is 9.74. The molecule has 0 aromatic heterocycles. The number of nitriles is 1. The first kappa shape index (κ1) is 22.2. The molecule has 2 aromatic rings. The highest BCUT2D eigenvalue weighted by atomic mass is 32.2. The number of halogens is 2. The summed E-state index contributed by atoms with van der Waals surface area (Å²) in [6.07, 6.45) is 3.11. The molecule has 1 aliphatic heterocycles. The number of hydrogen-bond acceptors (Lipinski definition) is 5. The van der Waals surface area contributed by atoms with E-state index in [1.54, 1.807) is 30.3 Å². The van der Waals surface area contributed by atoms with Crippen LogP contribution in [0.4, 0.5) is 14.5 Å². The predicted molar refractivity (Wildman–Crippen MR) is 118 cm³/mol. The van der Waals surface area contributed by atoms with Crippen LogP contribution in [0.2, 0.25) is 0 Å². The number of aryl methyl sites for hydroxylation is 1. The topological polar surface area (TPSA) is 73.6 Å². The van der Waals surface area contributed by atoms with Crippen molar-refractivity contribution in [2.24, 2.45) is 0 Å². The van der Waals surface area contributed by atoms with Crippen LogP contribution < -0.4 is 9.64 Å². The smallest absolute Gasteiger partial charge is 0.387 e. The van der Waals surface area contributed by atoms with Crippen molar-refractivity contribution in [1.29, 1.82) is 5.26 Å². The van der Waals surface area contributed by atoms with Gasteiger partial charge in [0.2, 0.25) is 10.0 Å². The van der Waals surface area contributed by atoms with Crippen molar-refractivity contribution in [2.45, 2.75) is 25.9 Å². The van der Waals surface area contributed by atoms with Crippen molar-refractivity contribution >= 4 is 21.8 Å². The molecule has 1 saturated heterocycles. The van der Waals surface area contributed by atoms with E-state index in [0.29, 0.717) is 54.9 Å². The Bertz CT molecular complexity index is 1160. The average molecular weight is 460 g/mol. The van der Waals surface area contributed by atoms with Gasteiger partial charge in [-0.15, -0.1) is 0 Å². The lowest BCUT2D eigenvalue weighted by Crippen LogP contribution is -2.36. The highest BCUT2D eigenvalue weighted by Gasteiger charge is 2.30. The molecule has 0 bridgehead atoms. The van der Waals surface area contributed by atoms with Gasteiger partial charge >= 0.3 is 6.61 Å². The van der Waals surface area contributed by atoms with Crippen LogP contribution in [-0.2, 0) is 16.4 Å². The quantitative estimate of drug-likeness (QED) is 0.676. The summed E-state index contributed by atoms with van der Waals surface area (Å²) in [5.41, 5.74) is 3.07. The highest BCUT2D eigenvalue weighted by molar-refractivity contribution is 7.93. The minimum atomic E-state index is -3.62. The van der Waals surface area contributed by atoms with Crippen molar-refractivity contribution in [3.05, 3.63) is 64.1 Å². The zero-order valence-corrected chi connectivity index (χ0v) is 18.2. The van der Waals surface area contributed by atoms with Gasteiger partial charge in [0.05, 0.1) is 16.5 Å². The molecule has 4 rings (SSSR count). The summed E-state index contributed by atoms with van der Waals surface area (Å²) in [6.45, 7) is -0.806. The van der Waals surface area contributed by atoms with E-state index in [1.807, 2.05) is 12.1 Å². The first-order valence-corrected chi connectivity index (χ1v) is 11.8. The van der Waals surface area contributed by atoms with Crippen LogP contribution in [0.5, 0.6) is 5.75 Å². The van der Waals surface area contributed by atoms with Gasteiger partial charge in [0, 0.05) is 31.9 Å². The molecule has 0 radical (unpaired) electrons.